The summed E-state index contributed by atoms with van der Waals surface area (Å²) in [5.41, 5.74) is 0.857. The maximum absolute atomic E-state index is 10.0. The minimum Gasteiger partial charge on any atom is -0.466 e. The molecule has 0 amide bonds. The first-order chi connectivity index (χ1) is 7.81. The van der Waals surface area contributed by atoms with E-state index in [2.05, 4.69) is 6.92 Å². The first kappa shape index (κ1) is 11.3. The van der Waals surface area contributed by atoms with Crippen LogP contribution in [-0.2, 0) is 0 Å². The fourth-order valence-corrected chi connectivity index (χ4v) is 2.19. The number of benzene rings is 1. The van der Waals surface area contributed by atoms with Crippen LogP contribution in [0.2, 0.25) is 0 Å². The molecule has 1 atom stereocenters. The van der Waals surface area contributed by atoms with Crippen LogP contribution in [0.3, 0.4) is 0 Å². The summed E-state index contributed by atoms with van der Waals surface area (Å²) in [5, 5.41) is 10.0. The molecule has 84 valence electrons. The average Bonchev–Trinajstić information content (AvgIpc) is 2.83. The minimum atomic E-state index is -0.671. The summed E-state index contributed by atoms with van der Waals surface area (Å²) in [4.78, 5) is 1.22. The molecule has 0 spiro atoms. The normalized spacial score (nSPS) is 12.6. The Kier molecular flexibility index (Phi) is 3.70. The van der Waals surface area contributed by atoms with Crippen LogP contribution in [0.4, 0.5) is 0 Å². The molecule has 0 fully saturated rings. The van der Waals surface area contributed by atoms with Gasteiger partial charge in [0.05, 0.1) is 6.26 Å². The van der Waals surface area contributed by atoms with E-state index in [1.54, 1.807) is 30.2 Å². The fraction of sp³-hybridized carbons (Fsp3) is 0.231. The molecule has 2 nitrogen and oxygen atoms in total. The zero-order valence-corrected chi connectivity index (χ0v) is 9.91. The molecule has 1 aromatic heterocycles. The van der Waals surface area contributed by atoms with Crippen LogP contribution >= 0.6 is 11.8 Å². The molecular weight excluding hydrogens is 220 g/mol. The van der Waals surface area contributed by atoms with E-state index in [0.717, 1.165) is 11.3 Å². The molecule has 1 heterocycles. The number of aliphatic hydroxyl groups excluding tert-OH is 1. The Hall–Kier alpha value is -1.19. The molecule has 0 radical (unpaired) electrons. The summed E-state index contributed by atoms with van der Waals surface area (Å²) in [5.74, 6) is 1.64. The summed E-state index contributed by atoms with van der Waals surface area (Å²) in [6.07, 6.45) is 0.899. The molecule has 0 unspecified atom stereocenters. The van der Waals surface area contributed by atoms with Crippen molar-refractivity contribution < 1.29 is 9.52 Å². The van der Waals surface area contributed by atoms with Crippen molar-refractivity contribution in [2.24, 2.45) is 0 Å². The second-order valence-electron chi connectivity index (χ2n) is 3.42. The number of rotatable bonds is 4. The summed E-state index contributed by atoms with van der Waals surface area (Å²) >= 11 is 1.79. The van der Waals surface area contributed by atoms with Gasteiger partial charge in [-0.3, -0.25) is 0 Å². The van der Waals surface area contributed by atoms with Gasteiger partial charge in [0, 0.05) is 4.90 Å². The molecule has 0 aliphatic heterocycles. The maximum Gasteiger partial charge on any atom is 0.137 e. The van der Waals surface area contributed by atoms with Gasteiger partial charge >= 0.3 is 0 Å². The molecule has 16 heavy (non-hydrogen) atoms. The second kappa shape index (κ2) is 5.23. The number of furan rings is 1. The van der Waals surface area contributed by atoms with Crippen molar-refractivity contribution in [1.82, 2.24) is 0 Å². The third-order valence-electron chi connectivity index (χ3n) is 2.32. The molecule has 0 aliphatic rings. The number of thioether (sulfide) groups is 1. The van der Waals surface area contributed by atoms with Crippen molar-refractivity contribution in [2.45, 2.75) is 17.9 Å². The van der Waals surface area contributed by atoms with Gasteiger partial charge in [-0.25, -0.2) is 0 Å². The van der Waals surface area contributed by atoms with Crippen molar-refractivity contribution in [3.8, 4) is 0 Å². The van der Waals surface area contributed by atoms with E-state index in [0.29, 0.717) is 5.76 Å². The smallest absolute Gasteiger partial charge is 0.137 e. The molecular formula is C13H14O2S. The van der Waals surface area contributed by atoms with E-state index in [1.807, 2.05) is 24.3 Å². The number of hydrogen-bond acceptors (Lipinski definition) is 3. The monoisotopic (exact) mass is 234 g/mol. The van der Waals surface area contributed by atoms with Gasteiger partial charge in [0.2, 0.25) is 0 Å². The van der Waals surface area contributed by atoms with Crippen molar-refractivity contribution in [3.63, 3.8) is 0 Å². The lowest BCUT2D eigenvalue weighted by Crippen LogP contribution is -1.97. The molecule has 0 saturated carbocycles. The van der Waals surface area contributed by atoms with Crippen molar-refractivity contribution in [2.75, 3.05) is 5.75 Å². The van der Waals surface area contributed by atoms with Gasteiger partial charge in [-0.2, -0.15) is 0 Å². The molecule has 0 saturated heterocycles. The van der Waals surface area contributed by atoms with Gasteiger partial charge in [-0.15, -0.1) is 11.8 Å². The molecule has 2 aromatic rings. The summed E-state index contributed by atoms with van der Waals surface area (Å²) in [7, 11) is 0. The first-order valence-corrected chi connectivity index (χ1v) is 6.24. The molecule has 1 aromatic carbocycles. The summed E-state index contributed by atoms with van der Waals surface area (Å²) < 4.78 is 5.17. The molecule has 0 bridgehead atoms. The lowest BCUT2D eigenvalue weighted by Gasteiger charge is -2.08. The third kappa shape index (κ3) is 2.49. The Bertz CT molecular complexity index is 420. The van der Waals surface area contributed by atoms with Crippen LogP contribution in [0.5, 0.6) is 0 Å². The summed E-state index contributed by atoms with van der Waals surface area (Å²) in [6, 6.07) is 11.5. The third-order valence-corrected chi connectivity index (χ3v) is 3.21. The standard InChI is InChI=1S/C13H14O2S/c1-2-16-11-7-5-10(6-8-11)13(14)12-4-3-9-15-12/h3-9,13-14H,2H2,1H3/t13-/m0/s1. The van der Waals surface area contributed by atoms with Crippen LogP contribution in [-0.4, -0.2) is 10.9 Å². The lowest BCUT2D eigenvalue weighted by atomic mass is 10.1. The Labute approximate surface area is 99.3 Å². The SMILES string of the molecule is CCSc1ccc([C@H](O)c2ccco2)cc1. The molecule has 2 rings (SSSR count). The van der Waals surface area contributed by atoms with E-state index in [1.165, 1.54) is 4.90 Å². The highest BCUT2D eigenvalue weighted by molar-refractivity contribution is 7.99. The highest BCUT2D eigenvalue weighted by atomic mass is 32.2. The number of hydrogen-bond donors (Lipinski definition) is 1. The van der Waals surface area contributed by atoms with Crippen molar-refractivity contribution in [1.29, 1.82) is 0 Å². The molecule has 3 heteroatoms. The van der Waals surface area contributed by atoms with Gasteiger partial charge < -0.3 is 9.52 Å². The van der Waals surface area contributed by atoms with Crippen LogP contribution < -0.4 is 0 Å². The van der Waals surface area contributed by atoms with E-state index in [-0.39, 0.29) is 0 Å². The van der Waals surface area contributed by atoms with E-state index < -0.39 is 6.10 Å². The van der Waals surface area contributed by atoms with Gasteiger partial charge in [0.25, 0.3) is 0 Å². The zero-order chi connectivity index (χ0) is 11.4. The Balaban J connectivity index is 2.15. The van der Waals surface area contributed by atoms with Crippen molar-refractivity contribution >= 4 is 11.8 Å². The van der Waals surface area contributed by atoms with Crippen molar-refractivity contribution in [3.05, 3.63) is 54.0 Å². The van der Waals surface area contributed by atoms with Gasteiger partial charge in [0.15, 0.2) is 0 Å². The quantitative estimate of drug-likeness (QED) is 0.822. The Morgan fingerprint density at radius 1 is 1.25 bits per heavy atom. The van der Waals surface area contributed by atoms with Crippen LogP contribution in [0.25, 0.3) is 0 Å². The van der Waals surface area contributed by atoms with E-state index in [4.69, 9.17) is 4.42 Å². The Morgan fingerprint density at radius 3 is 2.56 bits per heavy atom. The molecule has 0 aliphatic carbocycles. The topological polar surface area (TPSA) is 33.4 Å². The lowest BCUT2D eigenvalue weighted by molar-refractivity contribution is 0.189. The minimum absolute atomic E-state index is 0.580. The van der Waals surface area contributed by atoms with Crippen LogP contribution in [0.15, 0.2) is 52.0 Å². The predicted octanol–water partition coefficient (Wildman–Crippen LogP) is 3.47. The largest absolute Gasteiger partial charge is 0.466 e. The van der Waals surface area contributed by atoms with Crippen LogP contribution in [0.1, 0.15) is 24.4 Å². The van der Waals surface area contributed by atoms with Gasteiger partial charge in [-0.05, 0) is 35.6 Å². The fourth-order valence-electron chi connectivity index (χ4n) is 1.52. The first-order valence-electron chi connectivity index (χ1n) is 5.25. The predicted molar refractivity (Wildman–Crippen MR) is 65.6 cm³/mol. The average molecular weight is 234 g/mol. The number of aliphatic hydroxyl groups is 1. The zero-order valence-electron chi connectivity index (χ0n) is 9.09. The highest BCUT2D eigenvalue weighted by Crippen LogP contribution is 2.25. The van der Waals surface area contributed by atoms with E-state index >= 15 is 0 Å². The highest BCUT2D eigenvalue weighted by Gasteiger charge is 2.12. The van der Waals surface area contributed by atoms with Crippen LogP contribution in [0, 0.1) is 0 Å². The van der Waals surface area contributed by atoms with Gasteiger partial charge in [-0.1, -0.05) is 19.1 Å². The van der Waals surface area contributed by atoms with E-state index in [9.17, 15) is 5.11 Å². The molecule has 1 N–H and O–H groups in total. The summed E-state index contributed by atoms with van der Waals surface area (Å²) in [6.45, 7) is 2.12. The maximum atomic E-state index is 10.0. The Morgan fingerprint density at radius 2 is 2.00 bits per heavy atom. The van der Waals surface area contributed by atoms with Gasteiger partial charge in [0.1, 0.15) is 11.9 Å². The second-order valence-corrected chi connectivity index (χ2v) is 4.76.